The molecular formula is C21H22ClFN2O2. The normalized spacial score (nSPS) is 15.0. The van der Waals surface area contributed by atoms with E-state index in [0.717, 1.165) is 11.6 Å². The molecule has 1 fully saturated rings. The molecule has 0 saturated carbocycles. The van der Waals surface area contributed by atoms with Crippen LogP contribution in [0.3, 0.4) is 0 Å². The van der Waals surface area contributed by atoms with Crippen molar-refractivity contribution in [1.82, 2.24) is 9.80 Å². The third-order valence-corrected chi connectivity index (χ3v) is 5.36. The van der Waals surface area contributed by atoms with E-state index in [9.17, 15) is 14.0 Å². The average Bonchev–Trinajstić information content (AvgIpc) is 2.68. The number of rotatable bonds is 3. The van der Waals surface area contributed by atoms with Crippen LogP contribution in [0.2, 0.25) is 5.02 Å². The van der Waals surface area contributed by atoms with Gasteiger partial charge < -0.3 is 9.80 Å². The lowest BCUT2D eigenvalue weighted by atomic mass is 9.83. The number of benzene rings is 2. The van der Waals surface area contributed by atoms with Crippen molar-refractivity contribution in [3.63, 3.8) is 0 Å². The Morgan fingerprint density at radius 3 is 2.15 bits per heavy atom. The van der Waals surface area contributed by atoms with Crippen LogP contribution in [0.1, 0.15) is 29.8 Å². The molecule has 0 aromatic heterocycles. The summed E-state index contributed by atoms with van der Waals surface area (Å²) in [5.74, 6) is -0.676. The second-order valence-corrected chi connectivity index (χ2v) is 7.61. The zero-order valence-electron chi connectivity index (χ0n) is 15.4. The maximum atomic E-state index is 13.2. The van der Waals surface area contributed by atoms with Gasteiger partial charge in [0.25, 0.3) is 5.91 Å². The Bertz CT molecular complexity index is 847. The van der Waals surface area contributed by atoms with E-state index in [1.807, 2.05) is 44.2 Å². The number of halogens is 2. The van der Waals surface area contributed by atoms with Gasteiger partial charge in [0, 0.05) is 26.2 Å². The molecule has 2 aromatic carbocycles. The monoisotopic (exact) mass is 388 g/mol. The van der Waals surface area contributed by atoms with Gasteiger partial charge in [-0.1, -0.05) is 41.9 Å². The van der Waals surface area contributed by atoms with Crippen LogP contribution in [0.15, 0.2) is 48.5 Å². The summed E-state index contributed by atoms with van der Waals surface area (Å²) >= 11 is 6.00. The summed E-state index contributed by atoms with van der Waals surface area (Å²) in [5.41, 5.74) is 0.613. The summed E-state index contributed by atoms with van der Waals surface area (Å²) in [5, 5.41) is 0.101. The molecule has 1 aliphatic rings. The maximum absolute atomic E-state index is 13.2. The Balaban J connectivity index is 1.66. The summed E-state index contributed by atoms with van der Waals surface area (Å²) in [6.45, 7) is 5.59. The van der Waals surface area contributed by atoms with Crippen molar-refractivity contribution in [2.75, 3.05) is 26.2 Å². The Morgan fingerprint density at radius 2 is 1.56 bits per heavy atom. The molecule has 142 valence electrons. The predicted molar refractivity (Wildman–Crippen MR) is 103 cm³/mol. The highest BCUT2D eigenvalue weighted by molar-refractivity contribution is 6.33. The smallest absolute Gasteiger partial charge is 0.255 e. The molecule has 27 heavy (non-hydrogen) atoms. The molecule has 0 N–H and O–H groups in total. The van der Waals surface area contributed by atoms with E-state index < -0.39 is 11.2 Å². The minimum atomic E-state index is -0.631. The third-order valence-electron chi connectivity index (χ3n) is 5.05. The molecule has 1 aliphatic heterocycles. The van der Waals surface area contributed by atoms with E-state index in [-0.39, 0.29) is 22.4 Å². The van der Waals surface area contributed by atoms with Crippen LogP contribution in [0.4, 0.5) is 4.39 Å². The van der Waals surface area contributed by atoms with Crippen LogP contribution in [-0.4, -0.2) is 47.8 Å². The third kappa shape index (κ3) is 3.98. The van der Waals surface area contributed by atoms with E-state index in [4.69, 9.17) is 11.6 Å². The Labute approximate surface area is 163 Å². The first kappa shape index (κ1) is 19.4. The lowest BCUT2D eigenvalue weighted by Crippen LogP contribution is -2.54. The molecule has 0 radical (unpaired) electrons. The number of piperazine rings is 1. The Hall–Kier alpha value is -2.40. The van der Waals surface area contributed by atoms with Crippen LogP contribution in [0, 0.1) is 5.82 Å². The van der Waals surface area contributed by atoms with Crippen molar-refractivity contribution < 1.29 is 14.0 Å². The summed E-state index contributed by atoms with van der Waals surface area (Å²) in [6.07, 6.45) is 0. The molecule has 4 nitrogen and oxygen atoms in total. The first-order valence-corrected chi connectivity index (χ1v) is 9.28. The highest BCUT2D eigenvalue weighted by atomic mass is 35.5. The molecule has 0 unspecified atom stereocenters. The standard InChI is InChI=1S/C21H22ClFN2O2/c1-21(2,15-6-4-3-5-7-15)20(27)25-12-10-24(11-13-25)19(26)17-9-8-16(23)14-18(17)22/h3-9,14H,10-13H2,1-2H3. The molecular weight excluding hydrogens is 367 g/mol. The fraction of sp³-hybridized carbons (Fsp3) is 0.333. The highest BCUT2D eigenvalue weighted by Gasteiger charge is 2.35. The van der Waals surface area contributed by atoms with Gasteiger partial charge in [0.2, 0.25) is 5.91 Å². The first-order chi connectivity index (χ1) is 12.8. The van der Waals surface area contributed by atoms with Crippen molar-refractivity contribution in [1.29, 1.82) is 0 Å². The summed E-state index contributed by atoms with van der Waals surface area (Å²) in [7, 11) is 0. The zero-order chi connectivity index (χ0) is 19.6. The molecule has 3 rings (SSSR count). The van der Waals surface area contributed by atoms with E-state index in [1.165, 1.54) is 12.1 Å². The maximum Gasteiger partial charge on any atom is 0.255 e. The number of hydrogen-bond donors (Lipinski definition) is 0. The van der Waals surface area contributed by atoms with Gasteiger partial charge in [-0.25, -0.2) is 4.39 Å². The van der Waals surface area contributed by atoms with Crippen molar-refractivity contribution in [3.05, 3.63) is 70.5 Å². The summed E-state index contributed by atoms with van der Waals surface area (Å²) < 4.78 is 13.2. The molecule has 0 atom stereocenters. The lowest BCUT2D eigenvalue weighted by Gasteiger charge is -2.39. The van der Waals surface area contributed by atoms with E-state index in [0.29, 0.717) is 26.2 Å². The highest BCUT2D eigenvalue weighted by Crippen LogP contribution is 2.26. The van der Waals surface area contributed by atoms with Gasteiger partial charge in [0.15, 0.2) is 0 Å². The molecule has 6 heteroatoms. The van der Waals surface area contributed by atoms with Gasteiger partial charge in [0.05, 0.1) is 16.0 Å². The van der Waals surface area contributed by atoms with Crippen molar-refractivity contribution in [2.24, 2.45) is 0 Å². The van der Waals surface area contributed by atoms with Crippen LogP contribution >= 0.6 is 11.6 Å². The second kappa shape index (κ2) is 7.69. The fourth-order valence-corrected chi connectivity index (χ4v) is 3.57. The Morgan fingerprint density at radius 1 is 0.963 bits per heavy atom. The second-order valence-electron chi connectivity index (χ2n) is 7.20. The average molecular weight is 389 g/mol. The minimum Gasteiger partial charge on any atom is -0.338 e. The van der Waals surface area contributed by atoms with Crippen molar-refractivity contribution in [3.8, 4) is 0 Å². The first-order valence-electron chi connectivity index (χ1n) is 8.90. The lowest BCUT2D eigenvalue weighted by molar-refractivity contribution is -0.137. The molecule has 2 aromatic rings. The number of hydrogen-bond acceptors (Lipinski definition) is 2. The molecule has 0 aliphatic carbocycles. The van der Waals surface area contributed by atoms with Crippen LogP contribution in [-0.2, 0) is 10.2 Å². The van der Waals surface area contributed by atoms with Crippen molar-refractivity contribution >= 4 is 23.4 Å². The fourth-order valence-electron chi connectivity index (χ4n) is 3.32. The topological polar surface area (TPSA) is 40.6 Å². The molecule has 2 amide bonds. The van der Waals surface area contributed by atoms with Gasteiger partial charge >= 0.3 is 0 Å². The molecule has 1 heterocycles. The van der Waals surface area contributed by atoms with Gasteiger partial charge in [0.1, 0.15) is 5.82 Å². The predicted octanol–water partition coefficient (Wildman–Crippen LogP) is 3.74. The zero-order valence-corrected chi connectivity index (χ0v) is 16.2. The number of amides is 2. The van der Waals surface area contributed by atoms with Crippen molar-refractivity contribution in [2.45, 2.75) is 19.3 Å². The van der Waals surface area contributed by atoms with E-state index in [2.05, 4.69) is 0 Å². The Kier molecular flexibility index (Phi) is 5.51. The van der Waals surface area contributed by atoms with Gasteiger partial charge in [-0.2, -0.15) is 0 Å². The number of carbonyl (C=O) groups excluding carboxylic acids is 2. The molecule has 1 saturated heterocycles. The SMILES string of the molecule is CC(C)(C(=O)N1CCN(C(=O)c2ccc(F)cc2Cl)CC1)c1ccccc1. The van der Waals surface area contributed by atoms with Crippen LogP contribution in [0.25, 0.3) is 0 Å². The van der Waals surface area contributed by atoms with Gasteiger partial charge in [-0.05, 0) is 37.6 Å². The van der Waals surface area contributed by atoms with Gasteiger partial charge in [-0.3, -0.25) is 9.59 Å². The van der Waals surface area contributed by atoms with E-state index in [1.54, 1.807) is 9.80 Å². The van der Waals surface area contributed by atoms with Crippen LogP contribution < -0.4 is 0 Å². The van der Waals surface area contributed by atoms with Crippen LogP contribution in [0.5, 0.6) is 0 Å². The largest absolute Gasteiger partial charge is 0.338 e. The number of nitrogens with zero attached hydrogens (tertiary/aromatic N) is 2. The van der Waals surface area contributed by atoms with E-state index >= 15 is 0 Å². The number of carbonyl (C=O) groups is 2. The quantitative estimate of drug-likeness (QED) is 0.803. The molecule has 0 bridgehead atoms. The summed E-state index contributed by atoms with van der Waals surface area (Å²) in [4.78, 5) is 29.1. The summed E-state index contributed by atoms with van der Waals surface area (Å²) in [6, 6.07) is 13.4. The minimum absolute atomic E-state index is 0.0422. The molecule has 0 spiro atoms. The van der Waals surface area contributed by atoms with Gasteiger partial charge in [-0.15, -0.1) is 0 Å².